The molecule has 4 bridgehead atoms. The fourth-order valence-corrected chi connectivity index (χ4v) is 19.4. The van der Waals surface area contributed by atoms with Crippen molar-refractivity contribution in [3.8, 4) is 0 Å². The molecule has 3 heteroatoms. The summed E-state index contributed by atoms with van der Waals surface area (Å²) in [7, 11) is 0.628. The van der Waals surface area contributed by atoms with Gasteiger partial charge in [-0.2, -0.15) is 0 Å². The summed E-state index contributed by atoms with van der Waals surface area (Å²) >= 11 is 4.74. The Kier molecular flexibility index (Phi) is 8.34. The van der Waals surface area contributed by atoms with Crippen LogP contribution in [0.3, 0.4) is 0 Å². The summed E-state index contributed by atoms with van der Waals surface area (Å²) in [5.41, 5.74) is 3.63. The summed E-state index contributed by atoms with van der Waals surface area (Å²) in [6.07, 6.45) is 2.65. The zero-order chi connectivity index (χ0) is 36.1. The summed E-state index contributed by atoms with van der Waals surface area (Å²) < 4.78 is 0. The molecule has 0 N–H and O–H groups in total. The Hall–Kier alpha value is 2.04. The zero-order valence-electron chi connectivity index (χ0n) is 34.6. The van der Waals surface area contributed by atoms with Crippen molar-refractivity contribution in [3.63, 3.8) is 0 Å². The molecule has 0 amide bonds. The third-order valence-electron chi connectivity index (χ3n) is 22.8. The van der Waals surface area contributed by atoms with Crippen molar-refractivity contribution in [1.29, 1.82) is 0 Å². The van der Waals surface area contributed by atoms with E-state index in [0.717, 1.165) is 35.5 Å². The van der Waals surface area contributed by atoms with Crippen LogP contribution >= 0.6 is 40.0 Å². The van der Waals surface area contributed by atoms with Gasteiger partial charge in [-0.05, 0) is 112 Å². The quantitative estimate of drug-likeness (QED) is 0.191. The van der Waals surface area contributed by atoms with Crippen LogP contribution < -0.4 is 0 Å². The number of hydrogen-bond donors (Lipinski definition) is 0. The first-order chi connectivity index (χ1) is 20.2. The minimum atomic E-state index is 0.264. The van der Waals surface area contributed by atoms with Crippen LogP contribution in [0.1, 0.15) is 165 Å². The standard InChI is InChI=1S/C43H76.2HI.V/c1-23-24-39(18)26-25(33(6,7)34(39,8)9)31(2,3)27-28(32(26,4)5)41(20)30-29(40(27,19)37(41,14)15)42(21)35(10,11)36(12,13)43(30,22)38(42,16)17;;;/h25-30H,23-24H2,1-22H3;2*1H;/q;;;+2/p-2. The van der Waals surface area contributed by atoms with Gasteiger partial charge in [0, 0.05) is 0 Å². The number of hydrogen-bond acceptors (Lipinski definition) is 0. The van der Waals surface area contributed by atoms with E-state index in [1.807, 2.05) is 0 Å². The molecule has 267 valence electrons. The molecule has 46 heavy (non-hydrogen) atoms. The average molecular weight is 898 g/mol. The third-order valence-corrected chi connectivity index (χ3v) is 22.8. The first kappa shape index (κ1) is 39.3. The van der Waals surface area contributed by atoms with E-state index in [1.165, 1.54) is 12.8 Å². The molecule has 6 aliphatic rings. The van der Waals surface area contributed by atoms with Crippen molar-refractivity contribution >= 4 is 40.0 Å². The monoisotopic (exact) mass is 897 g/mol. The van der Waals surface area contributed by atoms with Gasteiger partial charge in [-0.25, -0.2) is 0 Å². The molecule has 0 aromatic rings. The van der Waals surface area contributed by atoms with Gasteiger partial charge >= 0.3 is 49.4 Å². The van der Waals surface area contributed by atoms with Gasteiger partial charge < -0.3 is 0 Å². The first-order valence-corrected chi connectivity index (χ1v) is 28.1. The Bertz CT molecular complexity index is 1300. The molecule has 11 atom stereocenters. The van der Waals surface area contributed by atoms with E-state index in [4.69, 9.17) is 0 Å². The van der Waals surface area contributed by atoms with Crippen LogP contribution in [0.5, 0.6) is 0 Å². The van der Waals surface area contributed by atoms with Crippen LogP contribution in [0.15, 0.2) is 0 Å². The van der Waals surface area contributed by atoms with Crippen LogP contribution in [-0.4, -0.2) is 0 Å². The molecule has 0 radical (unpaired) electrons. The maximum atomic E-state index is 2.90. The second-order valence-corrected chi connectivity index (χ2v) is 35.3. The fraction of sp³-hybridized carbons (Fsp3) is 1.00. The molecule has 11 unspecified atom stereocenters. The molecule has 0 heterocycles. The molecular weight excluding hydrogens is 821 g/mol. The van der Waals surface area contributed by atoms with E-state index in [0.29, 0.717) is 14.9 Å². The van der Waals surface area contributed by atoms with E-state index in [-0.39, 0.29) is 65.0 Å². The van der Waals surface area contributed by atoms with Gasteiger partial charge in [0.1, 0.15) is 0 Å². The zero-order valence-corrected chi connectivity index (χ0v) is 40.3. The molecule has 6 rings (SSSR count). The van der Waals surface area contributed by atoms with E-state index >= 15 is 0 Å². The van der Waals surface area contributed by atoms with Crippen molar-refractivity contribution < 1.29 is 9.47 Å². The van der Waals surface area contributed by atoms with Crippen molar-refractivity contribution in [1.82, 2.24) is 0 Å². The molecule has 0 aliphatic heterocycles. The molecule has 0 saturated heterocycles. The van der Waals surface area contributed by atoms with Gasteiger partial charge in [-0.1, -0.05) is 159 Å². The summed E-state index contributed by atoms with van der Waals surface area (Å²) in [6.45, 7) is 60.6. The minimum absolute atomic E-state index is 0.264. The van der Waals surface area contributed by atoms with E-state index < -0.39 is 0 Å². The van der Waals surface area contributed by atoms with E-state index in [2.05, 4.69) is 192 Å². The Morgan fingerprint density at radius 1 is 0.413 bits per heavy atom. The van der Waals surface area contributed by atoms with Crippen LogP contribution in [0.2, 0.25) is 0 Å². The van der Waals surface area contributed by atoms with E-state index in [1.54, 1.807) is 0 Å². The Morgan fingerprint density at radius 3 is 1.07 bits per heavy atom. The van der Waals surface area contributed by atoms with Gasteiger partial charge in [-0.3, -0.25) is 0 Å². The van der Waals surface area contributed by atoms with Crippen LogP contribution in [0.4, 0.5) is 0 Å². The molecule has 6 fully saturated rings. The summed E-state index contributed by atoms with van der Waals surface area (Å²) in [4.78, 5) is 0. The van der Waals surface area contributed by atoms with E-state index in [9.17, 15) is 0 Å². The average Bonchev–Trinajstić information content (AvgIpc) is 3.28. The van der Waals surface area contributed by atoms with Gasteiger partial charge in [0.25, 0.3) is 0 Å². The Balaban J connectivity index is 0.00000134. The van der Waals surface area contributed by atoms with Gasteiger partial charge in [0.2, 0.25) is 0 Å². The van der Waals surface area contributed by atoms with Crippen molar-refractivity contribution in [2.45, 2.75) is 165 Å². The van der Waals surface area contributed by atoms with Gasteiger partial charge in [0.15, 0.2) is 0 Å². The molecule has 0 spiro atoms. The number of fused-ring (bicyclic) bond motifs is 13. The molecular formula is C43H76I2V. The van der Waals surface area contributed by atoms with Crippen molar-refractivity contribution in [3.05, 3.63) is 0 Å². The molecule has 6 saturated carbocycles. The van der Waals surface area contributed by atoms with Crippen molar-refractivity contribution in [2.24, 2.45) is 106 Å². The normalized spacial score (nSPS) is 53.9. The predicted molar refractivity (Wildman–Crippen MR) is 215 cm³/mol. The fourth-order valence-electron chi connectivity index (χ4n) is 19.4. The topological polar surface area (TPSA) is 0 Å². The van der Waals surface area contributed by atoms with Gasteiger partial charge in [-0.15, -0.1) is 0 Å². The first-order valence-electron chi connectivity index (χ1n) is 19.1. The van der Waals surface area contributed by atoms with Crippen LogP contribution in [0.25, 0.3) is 0 Å². The van der Waals surface area contributed by atoms with Gasteiger partial charge in [0.05, 0.1) is 0 Å². The van der Waals surface area contributed by atoms with Crippen molar-refractivity contribution in [2.75, 3.05) is 0 Å². The summed E-state index contributed by atoms with van der Waals surface area (Å²) in [6, 6.07) is 0. The third kappa shape index (κ3) is 3.19. The Labute approximate surface area is 317 Å². The molecule has 0 aromatic carbocycles. The molecule has 0 nitrogen and oxygen atoms in total. The Morgan fingerprint density at radius 2 is 0.739 bits per heavy atom. The number of halogens is 2. The molecule has 0 aromatic heterocycles. The second kappa shape index (κ2) is 9.77. The van der Waals surface area contributed by atoms with Crippen LogP contribution in [-0.2, 0) is 9.47 Å². The molecule has 6 aliphatic carbocycles. The predicted octanol–water partition coefficient (Wildman–Crippen LogP) is 14.6. The maximum absolute atomic E-state index is 2.90. The SMILES string of the molecule is CCCC1(C)C2C(C(C)(C)C3C(C2(C)C)C2(C)C4C(C3(C)C2(C)C)C2(C)C(C)(C)C(C)(C)C4(C)C2(C)C)C(C)(C)C1(C)C.[I][V][I]. The summed E-state index contributed by atoms with van der Waals surface area (Å²) in [5.74, 6) is 4.40. The van der Waals surface area contributed by atoms with Crippen LogP contribution in [0, 0.1) is 106 Å². The summed E-state index contributed by atoms with van der Waals surface area (Å²) in [5, 5.41) is 0. The number of rotatable bonds is 2. The second-order valence-electron chi connectivity index (χ2n) is 23.6.